The molecule has 3 heteroatoms. The van der Waals surface area contributed by atoms with Crippen LogP contribution in [0.1, 0.15) is 33.6 Å². The van der Waals surface area contributed by atoms with Crippen molar-refractivity contribution in [2.24, 2.45) is 11.1 Å². The fraction of sp³-hybridized carbons (Fsp3) is 1.00. The van der Waals surface area contributed by atoms with Gasteiger partial charge in [-0.2, -0.15) is 0 Å². The van der Waals surface area contributed by atoms with E-state index in [9.17, 15) is 5.11 Å². The second-order valence-corrected chi connectivity index (χ2v) is 5.04. The molecule has 0 spiro atoms. The number of likely N-dealkylation sites (tertiary alicyclic amines) is 1. The molecule has 1 aliphatic heterocycles. The Labute approximate surface area is 87.3 Å². The van der Waals surface area contributed by atoms with Gasteiger partial charge in [-0.25, -0.2) is 0 Å². The van der Waals surface area contributed by atoms with Gasteiger partial charge in [0.25, 0.3) is 0 Å². The van der Waals surface area contributed by atoms with Crippen molar-refractivity contribution in [2.45, 2.75) is 45.8 Å². The molecule has 0 aromatic rings. The minimum Gasteiger partial charge on any atom is -0.391 e. The van der Waals surface area contributed by atoms with Crippen molar-refractivity contribution in [3.8, 4) is 0 Å². The van der Waals surface area contributed by atoms with Crippen molar-refractivity contribution >= 4 is 0 Å². The Morgan fingerprint density at radius 1 is 1.36 bits per heavy atom. The van der Waals surface area contributed by atoms with Gasteiger partial charge < -0.3 is 15.7 Å². The van der Waals surface area contributed by atoms with E-state index in [-0.39, 0.29) is 11.5 Å². The maximum atomic E-state index is 9.82. The SMILES string of the molecule is CC(C)N1CCC(C)([C@H](O)CN)CC1. The highest BCUT2D eigenvalue weighted by Gasteiger charge is 2.36. The van der Waals surface area contributed by atoms with Crippen molar-refractivity contribution in [2.75, 3.05) is 19.6 Å². The third kappa shape index (κ3) is 2.47. The largest absolute Gasteiger partial charge is 0.391 e. The van der Waals surface area contributed by atoms with Crippen LogP contribution in [-0.2, 0) is 0 Å². The average Bonchev–Trinajstić information content (AvgIpc) is 2.17. The van der Waals surface area contributed by atoms with Gasteiger partial charge >= 0.3 is 0 Å². The predicted molar refractivity (Wildman–Crippen MR) is 59.1 cm³/mol. The number of hydrogen-bond donors (Lipinski definition) is 2. The van der Waals surface area contributed by atoms with E-state index in [1.807, 2.05) is 0 Å². The molecule has 0 aromatic heterocycles. The van der Waals surface area contributed by atoms with Crippen molar-refractivity contribution in [1.29, 1.82) is 0 Å². The van der Waals surface area contributed by atoms with Gasteiger partial charge in [0.05, 0.1) is 6.10 Å². The van der Waals surface area contributed by atoms with Crippen molar-refractivity contribution in [3.05, 3.63) is 0 Å². The maximum absolute atomic E-state index is 9.82. The summed E-state index contributed by atoms with van der Waals surface area (Å²) in [7, 11) is 0. The molecule has 1 saturated heterocycles. The van der Waals surface area contributed by atoms with Crippen LogP contribution < -0.4 is 5.73 Å². The Bertz CT molecular complexity index is 174. The highest BCUT2D eigenvalue weighted by molar-refractivity contribution is 4.89. The standard InChI is InChI=1S/C11H24N2O/c1-9(2)13-6-4-11(3,5-7-13)10(14)8-12/h9-10,14H,4-8,12H2,1-3H3/t10-/m1/s1. The zero-order valence-corrected chi connectivity index (χ0v) is 9.66. The minimum absolute atomic E-state index is 0.0418. The molecule has 1 rings (SSSR count). The molecule has 0 saturated carbocycles. The van der Waals surface area contributed by atoms with Gasteiger partial charge in [0.2, 0.25) is 0 Å². The molecule has 0 unspecified atom stereocenters. The predicted octanol–water partition coefficient (Wildman–Crippen LogP) is 0.817. The maximum Gasteiger partial charge on any atom is 0.0716 e. The molecular formula is C11H24N2O. The number of nitrogens with two attached hydrogens (primary N) is 1. The van der Waals surface area contributed by atoms with E-state index >= 15 is 0 Å². The Morgan fingerprint density at radius 3 is 2.21 bits per heavy atom. The first-order valence-corrected chi connectivity index (χ1v) is 5.62. The number of rotatable bonds is 3. The van der Waals surface area contributed by atoms with Crippen LogP contribution in [-0.4, -0.2) is 41.8 Å². The van der Waals surface area contributed by atoms with Crippen LogP contribution in [0, 0.1) is 5.41 Å². The summed E-state index contributed by atoms with van der Waals surface area (Å²) in [5, 5.41) is 9.82. The molecular weight excluding hydrogens is 176 g/mol. The quantitative estimate of drug-likeness (QED) is 0.709. The first-order chi connectivity index (χ1) is 6.49. The lowest BCUT2D eigenvalue weighted by molar-refractivity contribution is -0.0121. The number of aliphatic hydroxyl groups is 1. The summed E-state index contributed by atoms with van der Waals surface area (Å²) in [6.07, 6.45) is 1.78. The molecule has 3 N–H and O–H groups in total. The molecule has 0 bridgehead atoms. The van der Waals surface area contributed by atoms with Gasteiger partial charge in [-0.3, -0.25) is 0 Å². The van der Waals surface area contributed by atoms with Gasteiger partial charge in [0.1, 0.15) is 0 Å². The van der Waals surface area contributed by atoms with Crippen LogP contribution in [0.5, 0.6) is 0 Å². The summed E-state index contributed by atoms with van der Waals surface area (Å²) in [5.74, 6) is 0. The van der Waals surface area contributed by atoms with E-state index in [1.165, 1.54) is 0 Å². The molecule has 0 amide bonds. The second kappa shape index (κ2) is 4.60. The zero-order chi connectivity index (χ0) is 10.8. The molecule has 1 atom stereocenters. The van der Waals surface area contributed by atoms with Gasteiger partial charge in [0.15, 0.2) is 0 Å². The lowest BCUT2D eigenvalue weighted by atomic mass is 9.75. The smallest absolute Gasteiger partial charge is 0.0716 e. The fourth-order valence-corrected chi connectivity index (χ4v) is 2.17. The molecule has 0 aliphatic carbocycles. The third-order valence-electron chi connectivity index (χ3n) is 3.70. The summed E-state index contributed by atoms with van der Waals surface area (Å²) in [6.45, 7) is 9.17. The minimum atomic E-state index is -0.336. The zero-order valence-electron chi connectivity index (χ0n) is 9.66. The number of hydrogen-bond acceptors (Lipinski definition) is 3. The molecule has 0 radical (unpaired) electrons. The number of piperidine rings is 1. The molecule has 0 aromatic carbocycles. The Kier molecular flexibility index (Phi) is 3.93. The van der Waals surface area contributed by atoms with Gasteiger partial charge in [-0.1, -0.05) is 6.92 Å². The van der Waals surface area contributed by atoms with Crippen LogP contribution in [0.2, 0.25) is 0 Å². The van der Waals surface area contributed by atoms with E-state index in [0.29, 0.717) is 12.6 Å². The van der Waals surface area contributed by atoms with Gasteiger partial charge in [-0.05, 0) is 45.2 Å². The average molecular weight is 200 g/mol. The molecule has 1 heterocycles. The van der Waals surface area contributed by atoms with E-state index in [0.717, 1.165) is 25.9 Å². The number of nitrogens with zero attached hydrogens (tertiary/aromatic N) is 1. The summed E-state index contributed by atoms with van der Waals surface area (Å²) >= 11 is 0. The summed E-state index contributed by atoms with van der Waals surface area (Å²) in [6, 6.07) is 0.620. The molecule has 1 fully saturated rings. The highest BCUT2D eigenvalue weighted by Crippen LogP contribution is 2.34. The van der Waals surface area contributed by atoms with Crippen LogP contribution in [0.3, 0.4) is 0 Å². The number of aliphatic hydroxyl groups excluding tert-OH is 1. The Hall–Kier alpha value is -0.120. The van der Waals surface area contributed by atoms with Crippen LogP contribution >= 0.6 is 0 Å². The normalized spacial score (nSPS) is 25.3. The highest BCUT2D eigenvalue weighted by atomic mass is 16.3. The first kappa shape index (κ1) is 12.0. The fourth-order valence-electron chi connectivity index (χ4n) is 2.17. The van der Waals surface area contributed by atoms with E-state index in [2.05, 4.69) is 25.7 Å². The van der Waals surface area contributed by atoms with E-state index in [4.69, 9.17) is 5.73 Å². The third-order valence-corrected chi connectivity index (χ3v) is 3.70. The van der Waals surface area contributed by atoms with Gasteiger partial charge in [0, 0.05) is 12.6 Å². The summed E-state index contributed by atoms with van der Waals surface area (Å²) < 4.78 is 0. The topological polar surface area (TPSA) is 49.5 Å². The lowest BCUT2D eigenvalue weighted by Crippen LogP contribution is -2.48. The van der Waals surface area contributed by atoms with Crippen molar-refractivity contribution in [3.63, 3.8) is 0 Å². The van der Waals surface area contributed by atoms with Crippen LogP contribution in [0.4, 0.5) is 0 Å². The molecule has 14 heavy (non-hydrogen) atoms. The first-order valence-electron chi connectivity index (χ1n) is 5.62. The summed E-state index contributed by atoms with van der Waals surface area (Å²) in [5.41, 5.74) is 5.56. The second-order valence-electron chi connectivity index (χ2n) is 5.04. The van der Waals surface area contributed by atoms with Gasteiger partial charge in [-0.15, -0.1) is 0 Å². The Morgan fingerprint density at radius 2 is 1.86 bits per heavy atom. The van der Waals surface area contributed by atoms with Crippen molar-refractivity contribution in [1.82, 2.24) is 4.90 Å². The molecule has 1 aliphatic rings. The lowest BCUT2D eigenvalue weighted by Gasteiger charge is -2.43. The van der Waals surface area contributed by atoms with Crippen LogP contribution in [0.15, 0.2) is 0 Å². The van der Waals surface area contributed by atoms with Crippen LogP contribution in [0.25, 0.3) is 0 Å². The Balaban J connectivity index is 2.48. The van der Waals surface area contributed by atoms with E-state index < -0.39 is 0 Å². The monoisotopic (exact) mass is 200 g/mol. The summed E-state index contributed by atoms with van der Waals surface area (Å²) in [4.78, 5) is 2.46. The molecule has 3 nitrogen and oxygen atoms in total. The van der Waals surface area contributed by atoms with Crippen molar-refractivity contribution < 1.29 is 5.11 Å². The molecule has 84 valence electrons. The van der Waals surface area contributed by atoms with E-state index in [1.54, 1.807) is 0 Å².